The number of methoxy groups -OCH3 is 2. The van der Waals surface area contributed by atoms with E-state index in [4.69, 9.17) is 14.2 Å². The molecule has 0 unspecified atom stereocenters. The molecule has 7 nitrogen and oxygen atoms in total. The standard InChI is InChI=1S/C31H27F6N3O4S/c1-42-23-8-6-22(7-9-23)39-11-13-40(14-12-39)29-38-28(41)27(45-29)16-19-3-10-25(26(15-19)43-2)44-18-20-4-5-21(30(32,33)34)17-24(20)31(35,36)37/h3-10,15-17H,11-14,18H2,1-2H3/b27-16+. The lowest BCUT2D eigenvalue weighted by Gasteiger charge is -2.36. The number of nitrogens with zero attached hydrogens (tertiary/aromatic N) is 3. The molecule has 1 saturated heterocycles. The molecule has 0 radical (unpaired) electrons. The van der Waals surface area contributed by atoms with Gasteiger partial charge in [-0.3, -0.25) is 4.79 Å². The molecule has 2 heterocycles. The number of thioether (sulfide) groups is 1. The second kappa shape index (κ2) is 13.0. The molecule has 2 aliphatic rings. The van der Waals surface area contributed by atoms with Crippen LogP contribution in [0.4, 0.5) is 32.0 Å². The number of halogens is 6. The molecule has 0 spiro atoms. The summed E-state index contributed by atoms with van der Waals surface area (Å²) in [6.45, 7) is 2.19. The van der Waals surface area contributed by atoms with Crippen molar-refractivity contribution in [2.75, 3.05) is 45.3 Å². The Morgan fingerprint density at radius 3 is 2.13 bits per heavy atom. The average Bonchev–Trinajstić information content (AvgIpc) is 3.39. The molecular weight excluding hydrogens is 624 g/mol. The van der Waals surface area contributed by atoms with Gasteiger partial charge in [-0.1, -0.05) is 12.1 Å². The third-order valence-corrected chi connectivity index (χ3v) is 8.25. The van der Waals surface area contributed by atoms with Crippen molar-refractivity contribution in [1.82, 2.24) is 4.90 Å². The molecular formula is C31H27F6N3O4S. The quantitative estimate of drug-likeness (QED) is 0.199. The predicted molar refractivity (Wildman–Crippen MR) is 159 cm³/mol. The maximum Gasteiger partial charge on any atom is 0.416 e. The van der Waals surface area contributed by atoms with Crippen LogP contribution in [0.25, 0.3) is 6.08 Å². The van der Waals surface area contributed by atoms with E-state index in [9.17, 15) is 31.1 Å². The van der Waals surface area contributed by atoms with Gasteiger partial charge in [-0.05, 0) is 71.9 Å². The Kier molecular flexibility index (Phi) is 9.23. The van der Waals surface area contributed by atoms with Crippen LogP contribution in [0.5, 0.6) is 17.2 Å². The topological polar surface area (TPSA) is 63.6 Å². The predicted octanol–water partition coefficient (Wildman–Crippen LogP) is 7.11. The van der Waals surface area contributed by atoms with Crippen LogP contribution >= 0.6 is 11.8 Å². The SMILES string of the molecule is COc1ccc(N2CCN(C3=NC(=O)/C(=C\c4ccc(OCc5ccc(C(F)(F)F)cc5C(F)(F)F)c(OC)c4)S3)CC2)cc1. The first-order valence-corrected chi connectivity index (χ1v) is 14.4. The highest BCUT2D eigenvalue weighted by atomic mass is 32.2. The second-order valence-corrected chi connectivity index (χ2v) is 11.1. The zero-order valence-corrected chi connectivity index (χ0v) is 24.9. The van der Waals surface area contributed by atoms with Crippen LogP contribution in [0.15, 0.2) is 70.6 Å². The number of hydrogen-bond donors (Lipinski definition) is 0. The number of benzene rings is 3. The van der Waals surface area contributed by atoms with Crippen LogP contribution in [0.3, 0.4) is 0 Å². The number of alkyl halides is 6. The zero-order valence-electron chi connectivity index (χ0n) is 24.0. The van der Waals surface area contributed by atoms with Gasteiger partial charge in [0.05, 0.1) is 30.3 Å². The summed E-state index contributed by atoms with van der Waals surface area (Å²) < 4.78 is 95.6. The minimum Gasteiger partial charge on any atom is -0.497 e. The monoisotopic (exact) mass is 651 g/mol. The lowest BCUT2D eigenvalue weighted by Crippen LogP contribution is -2.47. The highest BCUT2D eigenvalue weighted by molar-refractivity contribution is 8.18. The van der Waals surface area contributed by atoms with Crippen molar-refractivity contribution >= 4 is 34.6 Å². The highest BCUT2D eigenvalue weighted by Gasteiger charge is 2.38. The summed E-state index contributed by atoms with van der Waals surface area (Å²) in [4.78, 5) is 21.6. The average molecular weight is 652 g/mol. The van der Waals surface area contributed by atoms with E-state index < -0.39 is 41.6 Å². The molecule has 14 heteroatoms. The van der Waals surface area contributed by atoms with Crippen molar-refractivity contribution in [2.45, 2.75) is 19.0 Å². The summed E-state index contributed by atoms with van der Waals surface area (Å²) in [7, 11) is 2.95. The Morgan fingerprint density at radius 1 is 0.822 bits per heavy atom. The van der Waals surface area contributed by atoms with Gasteiger partial charge < -0.3 is 24.0 Å². The molecule has 0 N–H and O–H groups in total. The first-order chi connectivity index (χ1) is 21.4. The summed E-state index contributed by atoms with van der Waals surface area (Å²) in [6.07, 6.45) is -8.32. The van der Waals surface area contributed by atoms with Crippen molar-refractivity contribution in [3.63, 3.8) is 0 Å². The summed E-state index contributed by atoms with van der Waals surface area (Å²) >= 11 is 1.25. The van der Waals surface area contributed by atoms with Crippen molar-refractivity contribution in [2.24, 2.45) is 4.99 Å². The molecule has 45 heavy (non-hydrogen) atoms. The summed E-state index contributed by atoms with van der Waals surface area (Å²) in [5.41, 5.74) is -1.68. The van der Waals surface area contributed by atoms with E-state index in [1.807, 2.05) is 24.3 Å². The van der Waals surface area contributed by atoms with E-state index in [-0.39, 0.29) is 17.6 Å². The van der Waals surface area contributed by atoms with E-state index in [1.54, 1.807) is 25.3 Å². The molecule has 1 amide bonds. The Morgan fingerprint density at radius 2 is 1.51 bits per heavy atom. The Labute approximate surface area is 259 Å². The molecule has 0 bridgehead atoms. The lowest BCUT2D eigenvalue weighted by atomic mass is 10.0. The summed E-state index contributed by atoms with van der Waals surface area (Å²) in [5, 5.41) is 0.601. The normalized spacial score (nSPS) is 16.7. The van der Waals surface area contributed by atoms with Gasteiger partial charge in [0.1, 0.15) is 12.4 Å². The van der Waals surface area contributed by atoms with Gasteiger partial charge in [-0.15, -0.1) is 0 Å². The molecule has 238 valence electrons. The fraction of sp³-hybridized carbons (Fsp3) is 0.290. The molecule has 2 aliphatic heterocycles. The fourth-order valence-corrected chi connectivity index (χ4v) is 5.79. The number of ether oxygens (including phenoxy) is 3. The van der Waals surface area contributed by atoms with Gasteiger partial charge in [0, 0.05) is 37.4 Å². The highest BCUT2D eigenvalue weighted by Crippen LogP contribution is 2.39. The van der Waals surface area contributed by atoms with E-state index in [0.717, 1.165) is 30.6 Å². The molecule has 0 atom stereocenters. The van der Waals surface area contributed by atoms with Gasteiger partial charge in [0.25, 0.3) is 5.91 Å². The van der Waals surface area contributed by atoms with Crippen LogP contribution in [0.1, 0.15) is 22.3 Å². The van der Waals surface area contributed by atoms with E-state index in [1.165, 1.54) is 24.9 Å². The first-order valence-electron chi connectivity index (χ1n) is 13.6. The fourth-order valence-electron chi connectivity index (χ4n) is 4.82. The molecule has 1 fully saturated rings. The van der Waals surface area contributed by atoms with Gasteiger partial charge in [0.15, 0.2) is 16.7 Å². The first kappa shape index (κ1) is 32.1. The largest absolute Gasteiger partial charge is 0.497 e. The van der Waals surface area contributed by atoms with Crippen LogP contribution in [-0.2, 0) is 23.8 Å². The van der Waals surface area contributed by atoms with Crippen LogP contribution < -0.4 is 19.1 Å². The molecule has 0 saturated carbocycles. The number of aliphatic imine (C=N–C) groups is 1. The van der Waals surface area contributed by atoms with Gasteiger partial charge in [-0.2, -0.15) is 31.3 Å². The summed E-state index contributed by atoms with van der Waals surface area (Å²) in [5.74, 6) is 0.624. The third-order valence-electron chi connectivity index (χ3n) is 7.21. The number of piperazine rings is 1. The van der Waals surface area contributed by atoms with E-state index in [0.29, 0.717) is 34.8 Å². The molecule has 5 rings (SSSR count). The smallest absolute Gasteiger partial charge is 0.416 e. The minimum atomic E-state index is -5.02. The van der Waals surface area contributed by atoms with Crippen molar-refractivity contribution in [3.05, 3.63) is 87.8 Å². The number of amidine groups is 1. The lowest BCUT2D eigenvalue weighted by molar-refractivity contribution is -0.143. The van der Waals surface area contributed by atoms with Gasteiger partial charge >= 0.3 is 12.4 Å². The number of anilines is 1. The zero-order chi connectivity index (χ0) is 32.4. The van der Waals surface area contributed by atoms with Crippen molar-refractivity contribution in [1.29, 1.82) is 0 Å². The van der Waals surface area contributed by atoms with E-state index in [2.05, 4.69) is 14.8 Å². The molecule has 0 aliphatic carbocycles. The Bertz CT molecular complexity index is 1610. The number of carbonyl (C=O) groups excluding carboxylic acids is 1. The minimum absolute atomic E-state index is 0.0681. The maximum absolute atomic E-state index is 13.5. The second-order valence-electron chi connectivity index (χ2n) is 10.0. The molecule has 3 aromatic carbocycles. The number of rotatable bonds is 7. The summed E-state index contributed by atoms with van der Waals surface area (Å²) in [6, 6.07) is 13.8. The van der Waals surface area contributed by atoms with Crippen LogP contribution in [0.2, 0.25) is 0 Å². The van der Waals surface area contributed by atoms with Crippen LogP contribution in [0, 0.1) is 0 Å². The molecule has 0 aromatic heterocycles. The maximum atomic E-state index is 13.5. The van der Waals surface area contributed by atoms with Crippen molar-refractivity contribution < 1.29 is 45.3 Å². The number of hydrogen-bond acceptors (Lipinski definition) is 7. The number of carbonyl (C=O) groups is 1. The van der Waals surface area contributed by atoms with E-state index >= 15 is 0 Å². The van der Waals surface area contributed by atoms with Gasteiger partial charge in [0.2, 0.25) is 0 Å². The van der Waals surface area contributed by atoms with Crippen LogP contribution in [-0.4, -0.2) is 56.4 Å². The third kappa shape index (κ3) is 7.49. The Hall–Kier alpha value is -4.33. The Balaban J connectivity index is 1.23. The number of amides is 1. The molecule has 3 aromatic rings. The van der Waals surface area contributed by atoms with Crippen molar-refractivity contribution in [3.8, 4) is 17.2 Å². The van der Waals surface area contributed by atoms with Gasteiger partial charge in [-0.25, -0.2) is 0 Å².